The van der Waals surface area contributed by atoms with Crippen LogP contribution in [0.2, 0.25) is 0 Å². The van der Waals surface area contributed by atoms with E-state index in [2.05, 4.69) is 24.1 Å². The largest absolute Gasteiger partial charge is 0.496 e. The maximum atomic E-state index is 13.3. The van der Waals surface area contributed by atoms with Crippen LogP contribution in [0.4, 0.5) is 0 Å². The van der Waals surface area contributed by atoms with E-state index in [-0.39, 0.29) is 11.1 Å². The summed E-state index contributed by atoms with van der Waals surface area (Å²) in [7, 11) is 3.23. The molecular weight excluding hydrogens is 456 g/mol. The number of carbonyl (C=O) groups excluding carboxylic acids is 2. The predicted molar refractivity (Wildman–Crippen MR) is 139 cm³/mol. The number of likely N-dealkylation sites (N-methyl/N-ethyl adjacent to an activating group) is 1. The van der Waals surface area contributed by atoms with Crippen LogP contribution in [0, 0.1) is 5.92 Å². The molecule has 0 bridgehead atoms. The van der Waals surface area contributed by atoms with Crippen LogP contribution in [-0.4, -0.2) is 53.5 Å². The van der Waals surface area contributed by atoms with Gasteiger partial charge in [0.25, 0.3) is 11.8 Å². The van der Waals surface area contributed by atoms with Crippen LogP contribution in [0.1, 0.15) is 52.2 Å². The van der Waals surface area contributed by atoms with Crippen LogP contribution in [0.15, 0.2) is 65.8 Å². The summed E-state index contributed by atoms with van der Waals surface area (Å²) in [5.74, 6) is 0.161. The quantitative estimate of drug-likeness (QED) is 0.445. The van der Waals surface area contributed by atoms with Crippen LogP contribution in [0.3, 0.4) is 0 Å². The first-order valence-electron chi connectivity index (χ1n) is 12.1. The first-order valence-corrected chi connectivity index (χ1v) is 12.1. The van der Waals surface area contributed by atoms with Crippen LogP contribution in [0.5, 0.6) is 5.75 Å². The highest BCUT2D eigenvalue weighted by Gasteiger charge is 2.22. The van der Waals surface area contributed by atoms with Gasteiger partial charge in [-0.3, -0.25) is 19.4 Å². The number of nitrogens with one attached hydrogen (secondary N) is 1. The summed E-state index contributed by atoms with van der Waals surface area (Å²) < 4.78 is 7.14. The average Bonchev–Trinajstić information content (AvgIpc) is 2.88. The predicted octanol–water partition coefficient (Wildman–Crippen LogP) is 3.39. The molecule has 2 aromatic heterocycles. The number of amides is 2. The molecule has 0 saturated heterocycles. The number of ether oxygens (including phenoxy) is 1. The monoisotopic (exact) mass is 490 g/mol. The van der Waals surface area contributed by atoms with Crippen LogP contribution in [0.25, 0.3) is 0 Å². The van der Waals surface area contributed by atoms with Gasteiger partial charge in [0.05, 0.1) is 13.7 Å². The average molecular weight is 491 g/mol. The summed E-state index contributed by atoms with van der Waals surface area (Å²) in [5.41, 5.74) is 1.02. The van der Waals surface area contributed by atoms with E-state index >= 15 is 0 Å². The van der Waals surface area contributed by atoms with E-state index in [4.69, 9.17) is 4.74 Å². The van der Waals surface area contributed by atoms with Gasteiger partial charge in [-0.1, -0.05) is 38.1 Å². The van der Waals surface area contributed by atoms with E-state index < -0.39 is 17.2 Å². The minimum Gasteiger partial charge on any atom is -0.496 e. The molecule has 1 aromatic carbocycles. The molecule has 0 unspecified atom stereocenters. The highest BCUT2D eigenvalue weighted by atomic mass is 16.5. The highest BCUT2D eigenvalue weighted by molar-refractivity contribution is 5.99. The molecule has 0 radical (unpaired) electrons. The number of carbonyl (C=O) groups is 2. The normalized spacial score (nSPS) is 10.8. The number of hydrogen-bond donors (Lipinski definition) is 1. The maximum Gasteiger partial charge on any atom is 0.259 e. The Morgan fingerprint density at radius 1 is 1.08 bits per heavy atom. The van der Waals surface area contributed by atoms with Crippen LogP contribution >= 0.6 is 0 Å². The van der Waals surface area contributed by atoms with Gasteiger partial charge >= 0.3 is 0 Å². The molecule has 8 heteroatoms. The standard InChI is InChI=1S/C28H34N4O4/c1-20(2)12-15-30-27(34)23-18-32(17-21-9-5-6-11-25(21)36-4)19-24(26(23)33)28(35)31(3)16-13-22-10-7-8-14-29-22/h5-11,14,18-20H,12-13,15-17H2,1-4H3,(H,30,34). The molecule has 0 aliphatic heterocycles. The highest BCUT2D eigenvalue weighted by Crippen LogP contribution is 2.19. The van der Waals surface area contributed by atoms with Crippen molar-refractivity contribution in [2.75, 3.05) is 27.2 Å². The minimum atomic E-state index is -0.581. The molecule has 190 valence electrons. The summed E-state index contributed by atoms with van der Waals surface area (Å²) in [5, 5.41) is 2.82. The molecule has 0 atom stereocenters. The van der Waals surface area contributed by atoms with E-state index in [0.29, 0.717) is 37.7 Å². The van der Waals surface area contributed by atoms with Gasteiger partial charge in [-0.05, 0) is 30.5 Å². The molecule has 0 aliphatic carbocycles. The maximum absolute atomic E-state index is 13.3. The Labute approximate surface area is 211 Å². The molecule has 0 spiro atoms. The number of hydrogen-bond acceptors (Lipinski definition) is 5. The van der Waals surface area contributed by atoms with Crippen molar-refractivity contribution in [2.24, 2.45) is 5.92 Å². The Balaban J connectivity index is 1.92. The van der Waals surface area contributed by atoms with Crippen LogP contribution < -0.4 is 15.5 Å². The molecule has 0 saturated carbocycles. The minimum absolute atomic E-state index is 0.0510. The van der Waals surface area contributed by atoms with Crippen molar-refractivity contribution >= 4 is 11.8 Å². The zero-order valence-electron chi connectivity index (χ0n) is 21.4. The van der Waals surface area contributed by atoms with E-state index in [9.17, 15) is 14.4 Å². The number of benzene rings is 1. The fraction of sp³-hybridized carbons (Fsp3) is 0.357. The van der Waals surface area contributed by atoms with Gasteiger partial charge < -0.3 is 19.5 Å². The van der Waals surface area contributed by atoms with Gasteiger partial charge in [0, 0.05) is 56.4 Å². The molecule has 3 rings (SSSR count). The van der Waals surface area contributed by atoms with E-state index in [1.807, 2.05) is 42.5 Å². The van der Waals surface area contributed by atoms with Gasteiger partial charge in [-0.25, -0.2) is 0 Å². The Morgan fingerprint density at radius 3 is 2.50 bits per heavy atom. The van der Waals surface area contributed by atoms with Crippen molar-refractivity contribution in [3.8, 4) is 5.75 Å². The van der Waals surface area contributed by atoms with Crippen molar-refractivity contribution in [3.05, 3.63) is 93.7 Å². The number of pyridine rings is 2. The van der Waals surface area contributed by atoms with Crippen molar-refractivity contribution in [1.29, 1.82) is 0 Å². The van der Waals surface area contributed by atoms with Crippen LogP contribution in [-0.2, 0) is 13.0 Å². The fourth-order valence-electron chi connectivity index (χ4n) is 3.77. The lowest BCUT2D eigenvalue weighted by Gasteiger charge is -2.19. The smallest absolute Gasteiger partial charge is 0.259 e. The molecule has 3 aromatic rings. The molecule has 36 heavy (non-hydrogen) atoms. The Hall–Kier alpha value is -3.94. The lowest BCUT2D eigenvalue weighted by Crippen LogP contribution is -2.37. The second-order valence-electron chi connectivity index (χ2n) is 9.14. The number of rotatable bonds is 11. The van der Waals surface area contributed by atoms with E-state index in [0.717, 1.165) is 17.7 Å². The van der Waals surface area contributed by atoms with E-state index in [1.54, 1.807) is 24.9 Å². The third-order valence-corrected chi connectivity index (χ3v) is 5.88. The Bertz CT molecular complexity index is 1240. The van der Waals surface area contributed by atoms with Crippen molar-refractivity contribution in [2.45, 2.75) is 33.2 Å². The SMILES string of the molecule is COc1ccccc1Cn1cc(C(=O)NCCC(C)C)c(=O)c(C(=O)N(C)CCc2ccccn2)c1. The molecule has 2 heterocycles. The fourth-order valence-corrected chi connectivity index (χ4v) is 3.77. The summed E-state index contributed by atoms with van der Waals surface area (Å²) >= 11 is 0. The summed E-state index contributed by atoms with van der Waals surface area (Å²) in [6.45, 7) is 5.28. The first kappa shape index (κ1) is 26.7. The van der Waals surface area contributed by atoms with Gasteiger partial charge in [-0.2, -0.15) is 0 Å². The van der Waals surface area contributed by atoms with E-state index in [1.165, 1.54) is 17.3 Å². The van der Waals surface area contributed by atoms with Crippen molar-refractivity contribution in [1.82, 2.24) is 19.8 Å². The number of nitrogens with zero attached hydrogens (tertiary/aromatic N) is 3. The number of aromatic nitrogens is 2. The first-order chi connectivity index (χ1) is 17.3. The molecule has 8 nitrogen and oxygen atoms in total. The number of methoxy groups -OCH3 is 1. The van der Waals surface area contributed by atoms with Gasteiger partial charge in [0.1, 0.15) is 16.9 Å². The Kier molecular flexibility index (Phi) is 9.39. The molecule has 1 N–H and O–H groups in total. The lowest BCUT2D eigenvalue weighted by molar-refractivity contribution is 0.0794. The zero-order chi connectivity index (χ0) is 26.1. The van der Waals surface area contributed by atoms with Crippen molar-refractivity contribution in [3.63, 3.8) is 0 Å². The van der Waals surface area contributed by atoms with Crippen molar-refractivity contribution < 1.29 is 14.3 Å². The Morgan fingerprint density at radius 2 is 1.81 bits per heavy atom. The second-order valence-corrected chi connectivity index (χ2v) is 9.14. The third kappa shape index (κ3) is 7.04. The molecular formula is C28H34N4O4. The second kappa shape index (κ2) is 12.7. The van der Waals surface area contributed by atoms with Gasteiger partial charge in [-0.15, -0.1) is 0 Å². The third-order valence-electron chi connectivity index (χ3n) is 5.88. The topological polar surface area (TPSA) is 93.5 Å². The summed E-state index contributed by atoms with van der Waals surface area (Å²) in [6.07, 6.45) is 6.06. The number of para-hydroxylation sites is 1. The molecule has 2 amide bonds. The molecule has 0 fully saturated rings. The summed E-state index contributed by atoms with van der Waals surface area (Å²) in [4.78, 5) is 45.3. The van der Waals surface area contributed by atoms with Gasteiger partial charge in [0.2, 0.25) is 5.43 Å². The lowest BCUT2D eigenvalue weighted by atomic mass is 10.1. The summed E-state index contributed by atoms with van der Waals surface area (Å²) in [6, 6.07) is 13.1. The zero-order valence-corrected chi connectivity index (χ0v) is 21.4. The van der Waals surface area contributed by atoms with Gasteiger partial charge in [0.15, 0.2) is 0 Å². The molecule has 0 aliphatic rings.